The van der Waals surface area contributed by atoms with Crippen molar-refractivity contribution in [1.29, 1.82) is 0 Å². The summed E-state index contributed by atoms with van der Waals surface area (Å²) in [5.41, 5.74) is 9.43. The molecule has 2 aliphatic rings. The third kappa shape index (κ3) is 2.76. The molecule has 2 unspecified atom stereocenters. The van der Waals surface area contributed by atoms with Crippen molar-refractivity contribution in [3.63, 3.8) is 0 Å². The first kappa shape index (κ1) is 14.1. The van der Waals surface area contributed by atoms with Crippen LogP contribution in [0.5, 0.6) is 0 Å². The number of aryl methyl sites for hydroxylation is 1. The van der Waals surface area contributed by atoms with Crippen molar-refractivity contribution in [3.8, 4) is 0 Å². The van der Waals surface area contributed by atoms with E-state index in [1.54, 1.807) is 0 Å². The molecule has 0 bridgehead atoms. The first-order valence-corrected chi connectivity index (χ1v) is 7.90. The Labute approximate surface area is 122 Å². The lowest BCUT2D eigenvalue weighted by Crippen LogP contribution is -2.47. The maximum absolute atomic E-state index is 6.63. The largest absolute Gasteiger partial charge is 0.381 e. The zero-order valence-corrected chi connectivity index (χ0v) is 12.4. The van der Waals surface area contributed by atoms with Gasteiger partial charge in [0.2, 0.25) is 0 Å². The second-order valence-corrected chi connectivity index (χ2v) is 6.19. The molecule has 0 amide bonds. The number of rotatable bonds is 2. The number of nitrogens with two attached hydrogens (primary N) is 1. The van der Waals surface area contributed by atoms with Crippen LogP contribution in [0.1, 0.15) is 42.9 Å². The first-order chi connectivity index (χ1) is 9.77. The first-order valence-electron chi connectivity index (χ1n) is 7.90. The van der Waals surface area contributed by atoms with Crippen molar-refractivity contribution >= 4 is 0 Å². The average Bonchev–Trinajstić information content (AvgIpc) is 2.67. The van der Waals surface area contributed by atoms with Gasteiger partial charge < -0.3 is 10.5 Å². The lowest BCUT2D eigenvalue weighted by atomic mass is 9.94. The van der Waals surface area contributed by atoms with Gasteiger partial charge in [-0.25, -0.2) is 0 Å². The normalized spacial score (nSPS) is 28.1. The van der Waals surface area contributed by atoms with Crippen molar-refractivity contribution in [2.45, 2.75) is 50.2 Å². The Kier molecular flexibility index (Phi) is 4.39. The van der Waals surface area contributed by atoms with Crippen molar-refractivity contribution in [3.05, 3.63) is 35.4 Å². The van der Waals surface area contributed by atoms with Crippen molar-refractivity contribution in [2.24, 2.45) is 5.73 Å². The Morgan fingerprint density at radius 2 is 1.90 bits per heavy atom. The van der Waals surface area contributed by atoms with Gasteiger partial charge in [0.1, 0.15) is 0 Å². The number of fused-ring (bicyclic) bond motifs is 1. The molecule has 0 saturated carbocycles. The summed E-state index contributed by atoms with van der Waals surface area (Å²) in [4.78, 5) is 2.54. The molecule has 1 heterocycles. The molecule has 0 spiro atoms. The van der Waals surface area contributed by atoms with Gasteiger partial charge in [0.15, 0.2) is 0 Å². The topological polar surface area (TPSA) is 38.5 Å². The summed E-state index contributed by atoms with van der Waals surface area (Å²) in [5, 5.41) is 0. The number of benzene rings is 1. The minimum atomic E-state index is 0.140. The van der Waals surface area contributed by atoms with Crippen molar-refractivity contribution in [2.75, 3.05) is 20.3 Å². The Hall–Kier alpha value is -0.900. The van der Waals surface area contributed by atoms with Gasteiger partial charge in [0.05, 0.1) is 0 Å². The number of hydrogen-bond acceptors (Lipinski definition) is 3. The van der Waals surface area contributed by atoms with Crippen molar-refractivity contribution < 1.29 is 4.74 Å². The maximum atomic E-state index is 6.63. The summed E-state index contributed by atoms with van der Waals surface area (Å²) in [6, 6.07) is 9.94. The Balaban J connectivity index is 1.79. The molecule has 3 rings (SSSR count). The highest BCUT2D eigenvalue weighted by molar-refractivity contribution is 5.32. The zero-order valence-electron chi connectivity index (χ0n) is 12.4. The van der Waals surface area contributed by atoms with Gasteiger partial charge in [-0.1, -0.05) is 24.3 Å². The maximum Gasteiger partial charge on any atom is 0.0480 e. The predicted octanol–water partition coefficient (Wildman–Crippen LogP) is 2.50. The van der Waals surface area contributed by atoms with E-state index in [0.717, 1.165) is 26.1 Å². The Bertz CT molecular complexity index is 442. The molecule has 2 atom stereocenters. The zero-order chi connectivity index (χ0) is 13.9. The van der Waals surface area contributed by atoms with E-state index in [2.05, 4.69) is 36.2 Å². The third-order valence-corrected chi connectivity index (χ3v) is 5.06. The SMILES string of the molecule is CN(C1CCOCC1)C1CCCc2ccccc2C1N. The minimum absolute atomic E-state index is 0.140. The molecule has 3 heteroatoms. The summed E-state index contributed by atoms with van der Waals surface area (Å²) in [6.45, 7) is 1.79. The summed E-state index contributed by atoms with van der Waals surface area (Å²) >= 11 is 0. The molecular weight excluding hydrogens is 248 g/mol. The van der Waals surface area contributed by atoms with Crippen LogP contribution in [0.15, 0.2) is 24.3 Å². The highest BCUT2D eigenvalue weighted by Gasteiger charge is 2.31. The molecule has 0 radical (unpaired) electrons. The molecule has 0 aromatic heterocycles. The highest BCUT2D eigenvalue weighted by atomic mass is 16.5. The van der Waals surface area contributed by atoms with E-state index in [9.17, 15) is 0 Å². The van der Waals surface area contributed by atoms with Gasteiger partial charge >= 0.3 is 0 Å². The van der Waals surface area contributed by atoms with Crippen LogP contribution >= 0.6 is 0 Å². The van der Waals surface area contributed by atoms with Crippen LogP contribution in [0.4, 0.5) is 0 Å². The van der Waals surface area contributed by atoms with E-state index in [1.165, 1.54) is 30.4 Å². The fourth-order valence-corrected chi connectivity index (χ4v) is 3.80. The van der Waals surface area contributed by atoms with E-state index < -0.39 is 0 Å². The van der Waals surface area contributed by atoms with E-state index >= 15 is 0 Å². The Morgan fingerprint density at radius 3 is 2.70 bits per heavy atom. The summed E-state index contributed by atoms with van der Waals surface area (Å²) in [6.07, 6.45) is 5.89. The van der Waals surface area contributed by atoms with Crippen molar-refractivity contribution in [1.82, 2.24) is 4.90 Å². The van der Waals surface area contributed by atoms with E-state index in [-0.39, 0.29) is 6.04 Å². The molecule has 2 N–H and O–H groups in total. The van der Waals surface area contributed by atoms with E-state index in [0.29, 0.717) is 12.1 Å². The number of nitrogens with zero attached hydrogens (tertiary/aromatic N) is 1. The van der Waals surface area contributed by atoms with Crippen LogP contribution in [-0.4, -0.2) is 37.2 Å². The molecule has 1 aliphatic heterocycles. The molecular formula is C17H26N2O. The fraction of sp³-hybridized carbons (Fsp3) is 0.647. The van der Waals surface area contributed by atoms with Crippen LogP contribution in [0.3, 0.4) is 0 Å². The van der Waals surface area contributed by atoms with Crippen LogP contribution in [0.2, 0.25) is 0 Å². The molecule has 1 aliphatic carbocycles. The third-order valence-electron chi connectivity index (χ3n) is 5.06. The molecule has 1 aromatic carbocycles. The van der Waals surface area contributed by atoms with Gasteiger partial charge in [-0.15, -0.1) is 0 Å². The van der Waals surface area contributed by atoms with Gasteiger partial charge in [0, 0.05) is 31.3 Å². The number of likely N-dealkylation sites (N-methyl/N-ethyl adjacent to an activating group) is 1. The lowest BCUT2D eigenvalue weighted by molar-refractivity contribution is 0.0224. The number of hydrogen-bond donors (Lipinski definition) is 1. The molecule has 110 valence electrons. The second kappa shape index (κ2) is 6.25. The smallest absolute Gasteiger partial charge is 0.0480 e. The minimum Gasteiger partial charge on any atom is -0.381 e. The van der Waals surface area contributed by atoms with Crippen LogP contribution in [0, 0.1) is 0 Å². The Morgan fingerprint density at radius 1 is 1.15 bits per heavy atom. The molecule has 1 fully saturated rings. The summed E-state index contributed by atoms with van der Waals surface area (Å²) in [5.74, 6) is 0. The van der Waals surface area contributed by atoms with Crippen LogP contribution in [0.25, 0.3) is 0 Å². The second-order valence-electron chi connectivity index (χ2n) is 6.19. The monoisotopic (exact) mass is 274 g/mol. The highest BCUT2D eigenvalue weighted by Crippen LogP contribution is 2.31. The standard InChI is InChI=1S/C17H26N2O/c1-19(14-9-11-20-12-10-14)16-8-4-6-13-5-2-3-7-15(13)17(16)18/h2-3,5,7,14,16-17H,4,6,8-12,18H2,1H3. The van der Waals surface area contributed by atoms with Gasteiger partial charge in [-0.3, -0.25) is 4.90 Å². The van der Waals surface area contributed by atoms with Gasteiger partial charge in [-0.2, -0.15) is 0 Å². The average molecular weight is 274 g/mol. The molecule has 3 nitrogen and oxygen atoms in total. The van der Waals surface area contributed by atoms with E-state index in [4.69, 9.17) is 10.5 Å². The number of ether oxygens (including phenoxy) is 1. The predicted molar refractivity (Wildman–Crippen MR) is 81.7 cm³/mol. The van der Waals surface area contributed by atoms with Crippen LogP contribution in [-0.2, 0) is 11.2 Å². The summed E-state index contributed by atoms with van der Waals surface area (Å²) in [7, 11) is 2.26. The quantitative estimate of drug-likeness (QED) is 0.842. The molecule has 1 aromatic rings. The van der Waals surface area contributed by atoms with Crippen LogP contribution < -0.4 is 5.73 Å². The molecule has 20 heavy (non-hydrogen) atoms. The molecule has 1 saturated heterocycles. The lowest BCUT2D eigenvalue weighted by Gasteiger charge is -2.39. The van der Waals surface area contributed by atoms with Gasteiger partial charge in [-0.05, 0) is 50.3 Å². The van der Waals surface area contributed by atoms with E-state index in [1.807, 2.05) is 0 Å². The fourth-order valence-electron chi connectivity index (χ4n) is 3.80. The summed E-state index contributed by atoms with van der Waals surface area (Å²) < 4.78 is 5.49. The van der Waals surface area contributed by atoms with Gasteiger partial charge in [0.25, 0.3) is 0 Å².